The average molecular weight is 181 g/mol. The van der Waals surface area contributed by atoms with Crippen molar-refractivity contribution < 1.29 is 14.3 Å². The summed E-state index contributed by atoms with van der Waals surface area (Å²) in [6.07, 6.45) is 1.56. The normalized spacial score (nSPS) is 21.5. The number of alkyl carbamates (subject to hydrolysis) is 1. The molecule has 2 heterocycles. The quantitative estimate of drug-likeness (QED) is 0.647. The highest BCUT2D eigenvalue weighted by Gasteiger charge is 2.34. The van der Waals surface area contributed by atoms with Crippen LogP contribution in [0.3, 0.4) is 0 Å². The van der Waals surface area contributed by atoms with Crippen molar-refractivity contribution in [3.63, 3.8) is 0 Å². The van der Waals surface area contributed by atoms with Gasteiger partial charge in [-0.3, -0.25) is 14.8 Å². The molecule has 1 aliphatic rings. The smallest absolute Gasteiger partial charge is 0.415 e. The molecule has 13 heavy (non-hydrogen) atoms. The van der Waals surface area contributed by atoms with E-state index in [0.29, 0.717) is 5.56 Å². The SMILES string of the molecule is Cn1cc(C2OC(=O)NC2=O)cn1. The van der Waals surface area contributed by atoms with E-state index in [4.69, 9.17) is 4.74 Å². The number of nitrogens with zero attached hydrogens (tertiary/aromatic N) is 2. The zero-order valence-corrected chi connectivity index (χ0v) is 6.85. The van der Waals surface area contributed by atoms with Gasteiger partial charge in [-0.25, -0.2) is 4.79 Å². The minimum Gasteiger partial charge on any atom is -0.431 e. The van der Waals surface area contributed by atoms with Gasteiger partial charge in [-0.15, -0.1) is 0 Å². The Labute approximate surface area is 73.5 Å². The fourth-order valence-corrected chi connectivity index (χ4v) is 1.15. The molecular weight excluding hydrogens is 174 g/mol. The summed E-state index contributed by atoms with van der Waals surface area (Å²) in [4.78, 5) is 21.8. The van der Waals surface area contributed by atoms with E-state index in [0.717, 1.165) is 0 Å². The Morgan fingerprint density at radius 1 is 1.62 bits per heavy atom. The van der Waals surface area contributed by atoms with Gasteiger partial charge in [-0.05, 0) is 0 Å². The molecule has 1 unspecified atom stereocenters. The van der Waals surface area contributed by atoms with Crippen LogP contribution in [0.25, 0.3) is 0 Å². The summed E-state index contributed by atoms with van der Waals surface area (Å²) >= 11 is 0. The molecule has 2 amide bonds. The third-order valence-electron chi connectivity index (χ3n) is 1.72. The van der Waals surface area contributed by atoms with Crippen molar-refractivity contribution in [2.24, 2.45) is 7.05 Å². The largest absolute Gasteiger partial charge is 0.431 e. The molecule has 1 atom stereocenters. The molecule has 6 nitrogen and oxygen atoms in total. The highest BCUT2D eigenvalue weighted by Crippen LogP contribution is 2.20. The predicted molar refractivity (Wildman–Crippen MR) is 40.6 cm³/mol. The summed E-state index contributed by atoms with van der Waals surface area (Å²) in [6, 6.07) is 0. The summed E-state index contributed by atoms with van der Waals surface area (Å²) in [6.45, 7) is 0. The average Bonchev–Trinajstić information content (AvgIpc) is 2.58. The Bertz CT molecular complexity index is 371. The molecule has 68 valence electrons. The minimum absolute atomic E-state index is 0.446. The number of nitrogens with one attached hydrogen (secondary N) is 1. The van der Waals surface area contributed by atoms with E-state index in [1.807, 2.05) is 5.32 Å². The summed E-state index contributed by atoms with van der Waals surface area (Å²) in [7, 11) is 1.72. The number of carbonyl (C=O) groups excluding carboxylic acids is 2. The zero-order valence-electron chi connectivity index (χ0n) is 6.85. The maximum Gasteiger partial charge on any atom is 0.415 e. The van der Waals surface area contributed by atoms with Gasteiger partial charge >= 0.3 is 6.09 Å². The van der Waals surface area contributed by atoms with Crippen molar-refractivity contribution in [1.29, 1.82) is 0 Å². The highest BCUT2D eigenvalue weighted by molar-refractivity contribution is 6.00. The Balaban J connectivity index is 2.27. The standard InChI is InChI=1S/C7H7N3O3/c1-10-3-4(2-8-10)5-6(11)9-7(12)13-5/h2-3,5H,1H3,(H,9,11,12). The number of aromatic nitrogens is 2. The fraction of sp³-hybridized carbons (Fsp3) is 0.286. The second-order valence-corrected chi connectivity index (χ2v) is 2.72. The number of rotatable bonds is 1. The lowest BCUT2D eigenvalue weighted by molar-refractivity contribution is -0.123. The van der Waals surface area contributed by atoms with Crippen LogP contribution in [0.1, 0.15) is 11.7 Å². The van der Waals surface area contributed by atoms with Crippen LogP contribution in [0.2, 0.25) is 0 Å². The first-order chi connectivity index (χ1) is 6.16. The van der Waals surface area contributed by atoms with E-state index in [1.54, 1.807) is 13.2 Å². The monoisotopic (exact) mass is 181 g/mol. The number of ether oxygens (including phenoxy) is 1. The van der Waals surface area contributed by atoms with Gasteiger partial charge in [0.25, 0.3) is 5.91 Å². The second kappa shape index (κ2) is 2.58. The van der Waals surface area contributed by atoms with Crippen LogP contribution in [0.4, 0.5) is 4.79 Å². The van der Waals surface area contributed by atoms with E-state index in [2.05, 4.69) is 5.10 Å². The Morgan fingerprint density at radius 3 is 2.85 bits per heavy atom. The predicted octanol–water partition coefficient (Wildman–Crippen LogP) is -0.272. The van der Waals surface area contributed by atoms with Gasteiger partial charge in [0.15, 0.2) is 0 Å². The molecule has 0 saturated carbocycles. The first kappa shape index (κ1) is 7.78. The van der Waals surface area contributed by atoms with Gasteiger partial charge in [0, 0.05) is 18.8 Å². The van der Waals surface area contributed by atoms with Crippen molar-refractivity contribution in [3.8, 4) is 0 Å². The van der Waals surface area contributed by atoms with Gasteiger partial charge in [0.05, 0.1) is 6.20 Å². The number of amides is 2. The number of cyclic esters (lactones) is 1. The number of hydrogen-bond acceptors (Lipinski definition) is 4. The summed E-state index contributed by atoms with van der Waals surface area (Å²) in [5.41, 5.74) is 0.575. The first-order valence-corrected chi connectivity index (χ1v) is 3.67. The summed E-state index contributed by atoms with van der Waals surface area (Å²) in [5.74, 6) is -0.446. The van der Waals surface area contributed by atoms with Crippen LogP contribution in [-0.4, -0.2) is 21.8 Å². The lowest BCUT2D eigenvalue weighted by Crippen LogP contribution is -2.20. The Kier molecular flexibility index (Phi) is 1.54. The molecular formula is C7H7N3O3. The third kappa shape index (κ3) is 1.26. The first-order valence-electron chi connectivity index (χ1n) is 3.67. The zero-order chi connectivity index (χ0) is 9.42. The van der Waals surface area contributed by atoms with Crippen LogP contribution in [-0.2, 0) is 16.6 Å². The van der Waals surface area contributed by atoms with Crippen molar-refractivity contribution in [2.75, 3.05) is 0 Å². The molecule has 0 bridgehead atoms. The number of carbonyl (C=O) groups is 2. The van der Waals surface area contributed by atoms with E-state index < -0.39 is 18.1 Å². The molecule has 1 aromatic rings. The lowest BCUT2D eigenvalue weighted by Gasteiger charge is -2.00. The summed E-state index contributed by atoms with van der Waals surface area (Å²) in [5, 5.41) is 5.90. The molecule has 1 aromatic heterocycles. The van der Waals surface area contributed by atoms with Gasteiger partial charge in [-0.1, -0.05) is 0 Å². The molecule has 1 fully saturated rings. The van der Waals surface area contributed by atoms with Crippen LogP contribution in [0, 0.1) is 0 Å². The molecule has 1 saturated heterocycles. The van der Waals surface area contributed by atoms with E-state index in [9.17, 15) is 9.59 Å². The molecule has 6 heteroatoms. The highest BCUT2D eigenvalue weighted by atomic mass is 16.6. The van der Waals surface area contributed by atoms with Crippen molar-refractivity contribution in [3.05, 3.63) is 18.0 Å². The molecule has 0 aliphatic carbocycles. The van der Waals surface area contributed by atoms with E-state index in [-0.39, 0.29) is 0 Å². The van der Waals surface area contributed by atoms with Crippen LogP contribution < -0.4 is 5.32 Å². The fourth-order valence-electron chi connectivity index (χ4n) is 1.15. The molecule has 2 rings (SSSR count). The molecule has 0 aromatic carbocycles. The maximum atomic E-state index is 11.1. The molecule has 0 spiro atoms. The summed E-state index contributed by atoms with van der Waals surface area (Å²) < 4.78 is 6.26. The number of hydrogen-bond donors (Lipinski definition) is 1. The Hall–Kier alpha value is -1.85. The van der Waals surface area contributed by atoms with Crippen molar-refractivity contribution in [2.45, 2.75) is 6.10 Å². The van der Waals surface area contributed by atoms with Gasteiger partial charge in [0.2, 0.25) is 6.10 Å². The van der Waals surface area contributed by atoms with Gasteiger partial charge in [0.1, 0.15) is 0 Å². The number of aryl methyl sites for hydroxylation is 1. The van der Waals surface area contributed by atoms with Crippen LogP contribution in [0.5, 0.6) is 0 Å². The lowest BCUT2D eigenvalue weighted by atomic mass is 10.2. The topological polar surface area (TPSA) is 73.2 Å². The van der Waals surface area contributed by atoms with Crippen molar-refractivity contribution >= 4 is 12.0 Å². The molecule has 0 radical (unpaired) electrons. The van der Waals surface area contributed by atoms with Crippen LogP contribution in [0.15, 0.2) is 12.4 Å². The van der Waals surface area contributed by atoms with E-state index in [1.165, 1.54) is 10.9 Å². The van der Waals surface area contributed by atoms with E-state index >= 15 is 0 Å². The minimum atomic E-state index is -0.846. The van der Waals surface area contributed by atoms with Crippen molar-refractivity contribution in [1.82, 2.24) is 15.1 Å². The second-order valence-electron chi connectivity index (χ2n) is 2.72. The third-order valence-corrected chi connectivity index (χ3v) is 1.72. The number of imide groups is 1. The molecule has 1 N–H and O–H groups in total. The molecule has 1 aliphatic heterocycles. The maximum absolute atomic E-state index is 11.1. The van der Waals surface area contributed by atoms with Gasteiger partial charge < -0.3 is 4.74 Å². The Morgan fingerprint density at radius 2 is 2.38 bits per heavy atom. The van der Waals surface area contributed by atoms with Crippen LogP contribution >= 0.6 is 0 Å². The van der Waals surface area contributed by atoms with Gasteiger partial charge in [-0.2, -0.15) is 5.10 Å².